The number of aryl methyl sites for hydroxylation is 4. The topological polar surface area (TPSA) is 151 Å². The largest absolute Gasteiger partial charge is 0.479 e. The number of rotatable bonds is 22. The van der Waals surface area contributed by atoms with Crippen molar-refractivity contribution in [2.24, 2.45) is 0 Å². The third-order valence-electron chi connectivity index (χ3n) is 11.3. The SMILES string of the molecule is CCOP(=O)(C(=O)c1c(C)cc(C)c(CC(=O)C(C)(C)SC(=S)OCCCCOC(=S)SC(C)(C)C(=O)Nc2c(C)cc(C)c(C(=O)P(=O)(OCC)c3ccccc3)c2C)c1C)c1ccccc1. The monoisotopic (exact) mass is 1040 g/mol. The molecule has 0 saturated heterocycles. The molecule has 0 saturated carbocycles. The summed E-state index contributed by atoms with van der Waals surface area (Å²) in [6.07, 6.45) is 1.18. The number of carbonyl (C=O) groups is 4. The van der Waals surface area contributed by atoms with Crippen LogP contribution < -0.4 is 15.9 Å². The van der Waals surface area contributed by atoms with Gasteiger partial charge in [-0.05, 0) is 184 Å². The molecule has 0 aromatic heterocycles. The molecular weight excluding hydrogens is 977 g/mol. The van der Waals surface area contributed by atoms with Crippen molar-refractivity contribution in [2.75, 3.05) is 31.7 Å². The van der Waals surface area contributed by atoms with E-state index in [9.17, 15) is 28.3 Å². The van der Waals surface area contributed by atoms with Gasteiger partial charge >= 0.3 is 14.7 Å². The summed E-state index contributed by atoms with van der Waals surface area (Å²) in [5.41, 5.74) is 4.38. The van der Waals surface area contributed by atoms with Gasteiger partial charge in [-0.1, -0.05) is 72.1 Å². The molecule has 17 heteroatoms. The number of hydrogen-bond donors (Lipinski definition) is 1. The number of carbonyl (C=O) groups excluding carboxylic acids is 4. The Balaban J connectivity index is 1.29. The number of ketones is 1. The van der Waals surface area contributed by atoms with E-state index in [0.717, 1.165) is 34.7 Å². The van der Waals surface area contributed by atoms with Gasteiger partial charge in [0.05, 0.1) is 35.9 Å². The molecule has 0 bridgehead atoms. The number of anilines is 1. The molecule has 1 amide bonds. The summed E-state index contributed by atoms with van der Waals surface area (Å²) in [4.78, 5) is 55.8. The fourth-order valence-corrected chi connectivity index (χ4v) is 14.7. The molecule has 0 fully saturated rings. The first kappa shape index (κ1) is 56.8. The first-order valence-corrected chi connectivity index (χ1v) is 28.0. The lowest BCUT2D eigenvalue weighted by Gasteiger charge is -2.26. The van der Waals surface area contributed by atoms with Crippen LogP contribution in [0.5, 0.6) is 0 Å². The van der Waals surface area contributed by atoms with E-state index in [-0.39, 0.29) is 58.9 Å². The normalized spacial score (nSPS) is 13.5. The molecule has 0 aliphatic rings. The Morgan fingerprint density at radius 3 is 1.46 bits per heavy atom. The van der Waals surface area contributed by atoms with E-state index in [0.29, 0.717) is 62.5 Å². The van der Waals surface area contributed by atoms with Crippen LogP contribution in [0.4, 0.5) is 5.69 Å². The molecule has 366 valence electrons. The van der Waals surface area contributed by atoms with E-state index >= 15 is 0 Å². The van der Waals surface area contributed by atoms with E-state index in [4.69, 9.17) is 43.0 Å². The maximum absolute atomic E-state index is 14.2. The van der Waals surface area contributed by atoms with Crippen LogP contribution >= 0.6 is 62.7 Å². The minimum Gasteiger partial charge on any atom is -0.479 e. The van der Waals surface area contributed by atoms with Crippen molar-refractivity contribution in [3.8, 4) is 0 Å². The van der Waals surface area contributed by atoms with Crippen LogP contribution in [0.3, 0.4) is 0 Å². The fraction of sp³-hybridized carbons (Fsp3) is 0.412. The highest BCUT2D eigenvalue weighted by atomic mass is 32.2. The highest BCUT2D eigenvalue weighted by Gasteiger charge is 2.41. The van der Waals surface area contributed by atoms with Gasteiger partial charge in [-0.15, -0.1) is 0 Å². The Kier molecular flexibility index (Phi) is 20.4. The predicted molar refractivity (Wildman–Crippen MR) is 288 cm³/mol. The smallest absolute Gasteiger partial charge is 0.300 e. The number of Topliss-reactive ketones (excluding diaryl/α,β-unsaturated/α-hetero) is 1. The predicted octanol–water partition coefficient (Wildman–Crippen LogP) is 12.3. The van der Waals surface area contributed by atoms with Crippen LogP contribution in [0.2, 0.25) is 0 Å². The Morgan fingerprint density at radius 1 is 0.603 bits per heavy atom. The first-order chi connectivity index (χ1) is 31.9. The molecule has 2 atom stereocenters. The number of benzene rings is 4. The lowest BCUT2D eigenvalue weighted by Crippen LogP contribution is -2.36. The van der Waals surface area contributed by atoms with Gasteiger partial charge in [0.1, 0.15) is 0 Å². The molecule has 68 heavy (non-hydrogen) atoms. The van der Waals surface area contributed by atoms with Crippen LogP contribution in [0.15, 0.2) is 72.8 Å². The molecule has 4 rings (SSSR count). The van der Waals surface area contributed by atoms with Crippen LogP contribution in [0.25, 0.3) is 0 Å². The molecule has 11 nitrogen and oxygen atoms in total. The lowest BCUT2D eigenvalue weighted by atomic mass is 9.89. The molecule has 2 unspecified atom stereocenters. The summed E-state index contributed by atoms with van der Waals surface area (Å²) in [5, 5.41) is 3.61. The second-order valence-electron chi connectivity index (χ2n) is 17.3. The number of nitrogens with one attached hydrogen (secondary N) is 1. The Morgan fingerprint density at radius 2 is 1.01 bits per heavy atom. The molecular formula is C51H63NO10P2S4. The number of unbranched alkanes of at least 4 members (excludes halogenated alkanes) is 1. The van der Waals surface area contributed by atoms with Crippen LogP contribution in [0.1, 0.15) is 114 Å². The number of thiocarbonyl (C=S) groups is 2. The van der Waals surface area contributed by atoms with Crippen molar-refractivity contribution in [2.45, 2.75) is 112 Å². The van der Waals surface area contributed by atoms with Crippen LogP contribution in [-0.4, -0.2) is 67.4 Å². The van der Waals surface area contributed by atoms with Gasteiger partial charge in [-0.25, -0.2) is 0 Å². The molecule has 0 heterocycles. The minimum atomic E-state index is -3.96. The van der Waals surface area contributed by atoms with E-state index < -0.39 is 35.3 Å². The summed E-state index contributed by atoms with van der Waals surface area (Å²) in [7, 11) is -7.89. The molecule has 0 aliphatic carbocycles. The average Bonchev–Trinajstić information content (AvgIpc) is 3.27. The second-order valence-corrected chi connectivity index (χ2v) is 26.3. The van der Waals surface area contributed by atoms with E-state index in [2.05, 4.69) is 5.32 Å². The molecule has 1 N–H and O–H groups in total. The van der Waals surface area contributed by atoms with Gasteiger partial charge in [-0.3, -0.25) is 28.3 Å². The summed E-state index contributed by atoms with van der Waals surface area (Å²) in [6, 6.07) is 20.5. The lowest BCUT2D eigenvalue weighted by molar-refractivity contribution is -0.120. The Bertz CT molecular complexity index is 2470. The highest BCUT2D eigenvalue weighted by Crippen LogP contribution is 2.52. The van der Waals surface area contributed by atoms with Crippen LogP contribution in [0, 0.1) is 41.5 Å². The van der Waals surface area contributed by atoms with E-state index in [1.807, 2.05) is 19.9 Å². The summed E-state index contributed by atoms with van der Waals surface area (Å²) in [5.74, 6) is -0.485. The Labute approximate surface area is 421 Å². The van der Waals surface area contributed by atoms with Gasteiger partial charge in [0.15, 0.2) is 5.78 Å². The van der Waals surface area contributed by atoms with Crippen molar-refractivity contribution in [3.05, 3.63) is 123 Å². The number of amides is 1. The van der Waals surface area contributed by atoms with E-state index in [1.54, 1.807) is 136 Å². The quantitative estimate of drug-likeness (QED) is 0.0451. The molecule has 4 aromatic carbocycles. The van der Waals surface area contributed by atoms with Gasteiger partial charge < -0.3 is 23.8 Å². The van der Waals surface area contributed by atoms with Crippen molar-refractivity contribution < 1.29 is 46.8 Å². The number of thioether (sulfide) groups is 2. The molecule has 0 spiro atoms. The van der Waals surface area contributed by atoms with Gasteiger partial charge in [0, 0.05) is 33.8 Å². The van der Waals surface area contributed by atoms with E-state index in [1.165, 1.54) is 0 Å². The molecule has 4 aromatic rings. The second kappa shape index (κ2) is 24.4. The van der Waals surface area contributed by atoms with Crippen molar-refractivity contribution >= 4 is 110 Å². The number of hydrogen-bond acceptors (Lipinski definition) is 14. The Hall–Kier alpha value is -3.78. The molecule has 0 aliphatic heterocycles. The van der Waals surface area contributed by atoms with Gasteiger partial charge in [0.25, 0.3) is 11.0 Å². The maximum atomic E-state index is 14.2. The molecule has 0 radical (unpaired) electrons. The van der Waals surface area contributed by atoms with Gasteiger partial charge in [-0.2, -0.15) is 0 Å². The summed E-state index contributed by atoms with van der Waals surface area (Å²) < 4.78 is 49.8. The average molecular weight is 1040 g/mol. The summed E-state index contributed by atoms with van der Waals surface area (Å²) in [6.45, 7) is 21.9. The van der Waals surface area contributed by atoms with Crippen molar-refractivity contribution in [3.63, 3.8) is 0 Å². The third kappa shape index (κ3) is 13.5. The maximum Gasteiger partial charge on any atom is 0.300 e. The van der Waals surface area contributed by atoms with Gasteiger partial charge in [0.2, 0.25) is 14.7 Å². The van der Waals surface area contributed by atoms with Crippen molar-refractivity contribution in [1.29, 1.82) is 0 Å². The zero-order chi connectivity index (χ0) is 50.8. The third-order valence-corrected chi connectivity index (χ3v) is 18.8. The number of ether oxygens (including phenoxy) is 2. The zero-order valence-electron chi connectivity index (χ0n) is 41.0. The standard InChI is InChI=1S/C51H63NO10P2S4/c1-13-61-63(57,38-23-17-15-18-24-38)45(54)42-33(4)29-32(3)40(36(42)7)31-41(53)50(9,10)67-48(65)59-27-21-22-28-60-49(66)68-51(11,12)47(56)52-44-35(6)30-34(5)43(37(44)8)46(55)64(58,62-14-2)39-25-19-16-20-26-39/h15-20,23-26,29-30H,13-14,21-22,27-28,31H2,1-12H3,(H,52,56). The summed E-state index contributed by atoms with van der Waals surface area (Å²) >= 11 is 13.3. The minimum absolute atomic E-state index is 0.0281. The van der Waals surface area contributed by atoms with Crippen LogP contribution in [-0.2, 0) is 43.7 Å². The fourth-order valence-electron chi connectivity index (χ4n) is 7.67. The van der Waals surface area contributed by atoms with Crippen molar-refractivity contribution in [1.82, 2.24) is 0 Å². The highest BCUT2D eigenvalue weighted by molar-refractivity contribution is 8.24. The zero-order valence-corrected chi connectivity index (χ0v) is 46.0. The first-order valence-electron chi connectivity index (χ1n) is 22.3.